The van der Waals surface area contributed by atoms with Crippen LogP contribution in [-0.2, 0) is 0 Å². The monoisotopic (exact) mass is 312 g/mol. The fraction of sp³-hybridized carbons (Fsp3) is 0.222. The second kappa shape index (κ2) is 7.98. The van der Waals surface area contributed by atoms with Gasteiger partial charge in [0.2, 0.25) is 0 Å². The lowest BCUT2D eigenvalue weighted by atomic mass is 10.1. The minimum atomic E-state index is -0.183. The third kappa shape index (κ3) is 4.85. The number of hydrogen-bond donors (Lipinski definition) is 2. The van der Waals surface area contributed by atoms with Gasteiger partial charge in [0.05, 0.1) is 7.11 Å². The molecule has 2 amide bonds. The van der Waals surface area contributed by atoms with Crippen LogP contribution in [0.25, 0.3) is 0 Å². The van der Waals surface area contributed by atoms with Crippen molar-refractivity contribution in [3.63, 3.8) is 0 Å². The Hall–Kier alpha value is -2.82. The molecule has 0 unspecified atom stereocenters. The minimum Gasteiger partial charge on any atom is -0.497 e. The largest absolute Gasteiger partial charge is 0.497 e. The lowest BCUT2D eigenvalue weighted by Gasteiger charge is -2.08. The number of methoxy groups -OCH3 is 1. The number of hydrogen-bond acceptors (Lipinski definition) is 3. The van der Waals surface area contributed by atoms with E-state index in [1.807, 2.05) is 25.1 Å². The van der Waals surface area contributed by atoms with Gasteiger partial charge in [-0.3, -0.25) is 9.59 Å². The summed E-state index contributed by atoms with van der Waals surface area (Å²) in [6.45, 7) is 2.67. The van der Waals surface area contributed by atoms with Gasteiger partial charge in [-0.05, 0) is 43.3 Å². The molecule has 5 heteroatoms. The molecule has 0 aliphatic heterocycles. The number of rotatable bonds is 6. The highest BCUT2D eigenvalue weighted by Crippen LogP contribution is 2.10. The van der Waals surface area contributed by atoms with Crippen molar-refractivity contribution >= 4 is 11.8 Å². The highest BCUT2D eigenvalue weighted by atomic mass is 16.5. The second-order valence-corrected chi connectivity index (χ2v) is 5.11. The Morgan fingerprint density at radius 1 is 0.913 bits per heavy atom. The van der Waals surface area contributed by atoms with Crippen LogP contribution in [0.4, 0.5) is 0 Å². The summed E-state index contributed by atoms with van der Waals surface area (Å²) < 4.78 is 5.05. The number of nitrogens with one attached hydrogen (secondary N) is 2. The number of carbonyl (C=O) groups excluding carboxylic acids is 2. The summed E-state index contributed by atoms with van der Waals surface area (Å²) >= 11 is 0. The third-order valence-corrected chi connectivity index (χ3v) is 3.33. The Labute approximate surface area is 135 Å². The van der Waals surface area contributed by atoms with Gasteiger partial charge in [-0.1, -0.05) is 17.7 Å². The van der Waals surface area contributed by atoms with Gasteiger partial charge < -0.3 is 15.4 Å². The molecule has 120 valence electrons. The van der Waals surface area contributed by atoms with Gasteiger partial charge in [0.15, 0.2) is 0 Å². The van der Waals surface area contributed by atoms with Crippen molar-refractivity contribution in [1.82, 2.24) is 10.6 Å². The first-order chi connectivity index (χ1) is 11.1. The maximum atomic E-state index is 11.9. The lowest BCUT2D eigenvalue weighted by Crippen LogP contribution is -2.34. The summed E-state index contributed by atoms with van der Waals surface area (Å²) in [5.41, 5.74) is 2.20. The highest BCUT2D eigenvalue weighted by Gasteiger charge is 2.07. The van der Waals surface area contributed by atoms with E-state index in [-0.39, 0.29) is 11.8 Å². The van der Waals surface area contributed by atoms with Crippen LogP contribution < -0.4 is 15.4 Å². The van der Waals surface area contributed by atoms with Crippen LogP contribution in [0.2, 0.25) is 0 Å². The molecule has 0 bridgehead atoms. The molecule has 0 fully saturated rings. The highest BCUT2D eigenvalue weighted by molar-refractivity contribution is 5.95. The van der Waals surface area contributed by atoms with Gasteiger partial charge in [0.1, 0.15) is 5.75 Å². The van der Waals surface area contributed by atoms with Crippen LogP contribution in [-0.4, -0.2) is 32.0 Å². The zero-order valence-corrected chi connectivity index (χ0v) is 13.3. The molecule has 2 N–H and O–H groups in total. The molecule has 0 heterocycles. The molecule has 0 spiro atoms. The van der Waals surface area contributed by atoms with E-state index in [9.17, 15) is 9.59 Å². The van der Waals surface area contributed by atoms with Crippen molar-refractivity contribution in [1.29, 1.82) is 0 Å². The summed E-state index contributed by atoms with van der Waals surface area (Å²) in [4.78, 5) is 23.9. The van der Waals surface area contributed by atoms with Crippen molar-refractivity contribution in [2.75, 3.05) is 20.2 Å². The molecule has 0 saturated carbocycles. The topological polar surface area (TPSA) is 67.4 Å². The number of amides is 2. The molecule has 0 aliphatic carbocycles. The molecular formula is C18H20N2O3. The summed E-state index contributed by atoms with van der Waals surface area (Å²) in [6.07, 6.45) is 0. The first-order valence-corrected chi connectivity index (χ1v) is 7.37. The second-order valence-electron chi connectivity index (χ2n) is 5.11. The van der Waals surface area contributed by atoms with Gasteiger partial charge in [-0.15, -0.1) is 0 Å². The van der Waals surface area contributed by atoms with Crippen molar-refractivity contribution < 1.29 is 14.3 Å². The molecule has 0 aliphatic rings. The van der Waals surface area contributed by atoms with E-state index in [1.54, 1.807) is 37.4 Å². The third-order valence-electron chi connectivity index (χ3n) is 3.33. The van der Waals surface area contributed by atoms with E-state index in [2.05, 4.69) is 10.6 Å². The van der Waals surface area contributed by atoms with Crippen molar-refractivity contribution in [2.24, 2.45) is 0 Å². The fourth-order valence-electron chi connectivity index (χ4n) is 2.08. The lowest BCUT2D eigenvalue weighted by molar-refractivity contribution is 0.0927. The zero-order chi connectivity index (χ0) is 16.7. The molecular weight excluding hydrogens is 292 g/mol. The Kier molecular flexibility index (Phi) is 5.74. The number of carbonyl (C=O) groups is 2. The molecule has 23 heavy (non-hydrogen) atoms. The average Bonchev–Trinajstić information content (AvgIpc) is 2.58. The maximum absolute atomic E-state index is 11.9. The van der Waals surface area contributed by atoms with Crippen molar-refractivity contribution in [2.45, 2.75) is 6.92 Å². The fourth-order valence-corrected chi connectivity index (χ4v) is 2.08. The van der Waals surface area contributed by atoms with E-state index in [1.165, 1.54) is 0 Å². The predicted octanol–water partition coefficient (Wildman–Crippen LogP) is 2.16. The zero-order valence-electron chi connectivity index (χ0n) is 13.3. The normalized spacial score (nSPS) is 10.0. The van der Waals surface area contributed by atoms with Crippen LogP contribution in [0.3, 0.4) is 0 Å². The van der Waals surface area contributed by atoms with Crippen LogP contribution in [0, 0.1) is 6.92 Å². The molecule has 0 aromatic heterocycles. The molecule has 0 saturated heterocycles. The molecule has 2 aromatic rings. The van der Waals surface area contributed by atoms with E-state index in [0.717, 1.165) is 5.56 Å². The Morgan fingerprint density at radius 3 is 2.09 bits per heavy atom. The molecule has 2 rings (SSSR count). The van der Waals surface area contributed by atoms with Gasteiger partial charge in [-0.2, -0.15) is 0 Å². The van der Waals surface area contributed by atoms with Crippen LogP contribution in [0.5, 0.6) is 5.75 Å². The first-order valence-electron chi connectivity index (χ1n) is 7.37. The van der Waals surface area contributed by atoms with Gasteiger partial charge >= 0.3 is 0 Å². The van der Waals surface area contributed by atoms with E-state index in [4.69, 9.17) is 4.74 Å². The number of ether oxygens (including phenoxy) is 1. The Bertz CT molecular complexity index is 681. The quantitative estimate of drug-likeness (QED) is 0.803. The molecule has 5 nitrogen and oxygen atoms in total. The number of aryl methyl sites for hydroxylation is 1. The Balaban J connectivity index is 1.76. The van der Waals surface area contributed by atoms with E-state index in [0.29, 0.717) is 30.0 Å². The summed E-state index contributed by atoms with van der Waals surface area (Å²) in [5.74, 6) is 0.372. The van der Waals surface area contributed by atoms with E-state index >= 15 is 0 Å². The molecule has 0 radical (unpaired) electrons. The first kappa shape index (κ1) is 16.5. The van der Waals surface area contributed by atoms with Gasteiger partial charge in [0.25, 0.3) is 11.8 Å². The van der Waals surface area contributed by atoms with Crippen molar-refractivity contribution in [3.05, 3.63) is 65.2 Å². The predicted molar refractivity (Wildman–Crippen MR) is 88.8 cm³/mol. The van der Waals surface area contributed by atoms with E-state index < -0.39 is 0 Å². The summed E-state index contributed by atoms with van der Waals surface area (Å²) in [7, 11) is 1.58. The molecule has 0 atom stereocenters. The minimum absolute atomic E-state index is 0.146. The van der Waals surface area contributed by atoms with Crippen LogP contribution in [0.15, 0.2) is 48.5 Å². The Morgan fingerprint density at radius 2 is 1.52 bits per heavy atom. The van der Waals surface area contributed by atoms with Crippen LogP contribution >= 0.6 is 0 Å². The standard InChI is InChI=1S/C18H20N2O3/c1-13-4-3-5-15(12-13)18(22)20-11-10-19-17(21)14-6-8-16(23-2)9-7-14/h3-9,12H,10-11H2,1-2H3,(H,19,21)(H,20,22). The SMILES string of the molecule is COc1ccc(C(=O)NCCNC(=O)c2cccc(C)c2)cc1. The number of benzene rings is 2. The van der Waals surface area contributed by atoms with Gasteiger partial charge in [0, 0.05) is 24.2 Å². The van der Waals surface area contributed by atoms with Crippen molar-refractivity contribution in [3.8, 4) is 5.75 Å². The molecule has 2 aromatic carbocycles. The summed E-state index contributed by atoms with van der Waals surface area (Å²) in [5, 5.41) is 5.54. The van der Waals surface area contributed by atoms with Crippen LogP contribution in [0.1, 0.15) is 26.3 Å². The average molecular weight is 312 g/mol. The maximum Gasteiger partial charge on any atom is 0.251 e. The smallest absolute Gasteiger partial charge is 0.251 e. The van der Waals surface area contributed by atoms with Gasteiger partial charge in [-0.25, -0.2) is 0 Å². The summed E-state index contributed by atoms with van der Waals surface area (Å²) in [6, 6.07) is 14.2.